The summed E-state index contributed by atoms with van der Waals surface area (Å²) >= 11 is 4.95. The molecular formula is C26H24N4O2S. The molecule has 0 fully saturated rings. The van der Waals surface area contributed by atoms with Crippen LogP contribution in [0.15, 0.2) is 83.6 Å². The number of benzene rings is 3. The second-order valence-corrected chi connectivity index (χ2v) is 8.30. The number of aryl methyl sites for hydroxylation is 2. The summed E-state index contributed by atoms with van der Waals surface area (Å²) in [4.78, 5) is 4.42. The first kappa shape index (κ1) is 21.2. The molecule has 0 bridgehead atoms. The smallest absolute Gasteiger partial charge is 0.314 e. The van der Waals surface area contributed by atoms with Crippen molar-refractivity contribution in [1.82, 2.24) is 19.9 Å². The fourth-order valence-corrected chi connectivity index (χ4v) is 4.06. The number of aromatic nitrogens is 4. The number of H-pyrrole nitrogens is 1. The quantitative estimate of drug-likeness (QED) is 0.295. The van der Waals surface area contributed by atoms with Gasteiger partial charge in [0.2, 0.25) is 0 Å². The average molecular weight is 457 g/mol. The molecule has 0 saturated carbocycles. The van der Waals surface area contributed by atoms with Crippen molar-refractivity contribution in [2.24, 2.45) is 0 Å². The number of nitrogens with zero attached hydrogens (tertiary/aromatic N) is 3. The average Bonchev–Trinajstić information content (AvgIpc) is 3.50. The summed E-state index contributed by atoms with van der Waals surface area (Å²) in [5, 5.41) is 9.59. The van der Waals surface area contributed by atoms with E-state index in [0.717, 1.165) is 35.5 Å². The maximum Gasteiger partial charge on any atom is 0.314 e. The van der Waals surface area contributed by atoms with Crippen molar-refractivity contribution < 1.29 is 9.26 Å². The minimum atomic E-state index is 0.228. The zero-order chi connectivity index (χ0) is 22.5. The Bertz CT molecular complexity index is 1410. The summed E-state index contributed by atoms with van der Waals surface area (Å²) in [5.74, 6) is 1.63. The highest BCUT2D eigenvalue weighted by atomic mass is 32.1. The molecule has 0 aliphatic rings. The molecule has 0 amide bonds. The van der Waals surface area contributed by atoms with Gasteiger partial charge in [0.15, 0.2) is 0 Å². The molecule has 2 aromatic heterocycles. The molecule has 0 atom stereocenters. The van der Waals surface area contributed by atoms with E-state index in [9.17, 15) is 0 Å². The van der Waals surface area contributed by atoms with E-state index in [0.29, 0.717) is 19.6 Å². The SMILES string of the molecule is S=c1nc(CCc2ccc(Cn3cccn3)cc2OCCc2ccc3ccccc3c2)[nH]o1. The Morgan fingerprint density at radius 1 is 0.909 bits per heavy atom. The topological polar surface area (TPSA) is 68.9 Å². The minimum Gasteiger partial charge on any atom is -0.493 e. The number of hydrogen-bond acceptors (Lipinski definition) is 5. The molecule has 2 heterocycles. The lowest BCUT2D eigenvalue weighted by Crippen LogP contribution is -2.06. The zero-order valence-electron chi connectivity index (χ0n) is 18.1. The van der Waals surface area contributed by atoms with Gasteiger partial charge in [-0.25, -0.2) is 5.16 Å². The molecule has 0 radical (unpaired) electrons. The fourth-order valence-electron chi connectivity index (χ4n) is 3.91. The number of nitrogens with one attached hydrogen (secondary N) is 1. The molecule has 3 aromatic carbocycles. The van der Waals surface area contributed by atoms with Gasteiger partial charge in [-0.2, -0.15) is 10.1 Å². The van der Waals surface area contributed by atoms with Crippen molar-refractivity contribution in [2.75, 3.05) is 6.61 Å². The lowest BCUT2D eigenvalue weighted by atomic mass is 10.0. The van der Waals surface area contributed by atoms with Crippen LogP contribution in [0.5, 0.6) is 5.75 Å². The Balaban J connectivity index is 1.30. The van der Waals surface area contributed by atoms with Crippen LogP contribution in [0.25, 0.3) is 10.8 Å². The largest absolute Gasteiger partial charge is 0.493 e. The second-order valence-electron chi connectivity index (χ2n) is 7.95. The van der Waals surface area contributed by atoms with E-state index in [2.05, 4.69) is 75.9 Å². The van der Waals surface area contributed by atoms with Crippen LogP contribution in [-0.4, -0.2) is 26.5 Å². The van der Waals surface area contributed by atoms with E-state index >= 15 is 0 Å². The first-order chi connectivity index (χ1) is 16.2. The molecule has 1 N–H and O–H groups in total. The van der Waals surface area contributed by atoms with Crippen LogP contribution >= 0.6 is 12.2 Å². The maximum atomic E-state index is 6.30. The van der Waals surface area contributed by atoms with E-state index in [1.807, 2.05) is 16.9 Å². The highest BCUT2D eigenvalue weighted by molar-refractivity contribution is 7.71. The maximum absolute atomic E-state index is 6.30. The Hall–Kier alpha value is -3.71. The normalized spacial score (nSPS) is 11.2. The van der Waals surface area contributed by atoms with Crippen LogP contribution in [0.4, 0.5) is 0 Å². The van der Waals surface area contributed by atoms with Crippen LogP contribution in [0.2, 0.25) is 0 Å². The third-order valence-corrected chi connectivity index (χ3v) is 5.79. The van der Waals surface area contributed by atoms with Crippen LogP contribution in [0.1, 0.15) is 22.5 Å². The third kappa shape index (κ3) is 5.38. The van der Waals surface area contributed by atoms with Crippen molar-refractivity contribution in [3.63, 3.8) is 0 Å². The van der Waals surface area contributed by atoms with Gasteiger partial charge in [-0.1, -0.05) is 54.6 Å². The number of hydrogen-bond donors (Lipinski definition) is 1. The second kappa shape index (κ2) is 9.83. The van der Waals surface area contributed by atoms with Gasteiger partial charge >= 0.3 is 4.84 Å². The van der Waals surface area contributed by atoms with Crippen LogP contribution < -0.4 is 4.74 Å². The molecule has 33 heavy (non-hydrogen) atoms. The summed E-state index contributed by atoms with van der Waals surface area (Å²) in [7, 11) is 0. The van der Waals surface area contributed by atoms with Gasteiger partial charge in [0.05, 0.1) is 13.2 Å². The van der Waals surface area contributed by atoms with Crippen LogP contribution in [0.3, 0.4) is 0 Å². The zero-order valence-corrected chi connectivity index (χ0v) is 18.9. The van der Waals surface area contributed by atoms with Crippen LogP contribution in [-0.2, 0) is 25.8 Å². The standard InChI is InChI=1S/C26H24N4O2S/c33-26-28-25(29-32-26)11-10-22-9-7-20(18-30-14-3-13-27-30)17-24(22)31-15-12-19-6-8-21-4-1-2-5-23(21)16-19/h1-9,13-14,16-17H,10-12,15,18H2,(H,28,29,33). The number of rotatable bonds is 9. The van der Waals surface area contributed by atoms with Crippen molar-refractivity contribution in [3.05, 3.63) is 106 Å². The third-order valence-electron chi connectivity index (χ3n) is 5.61. The van der Waals surface area contributed by atoms with Gasteiger partial charge in [-0.15, -0.1) is 0 Å². The first-order valence-corrected chi connectivity index (χ1v) is 11.4. The van der Waals surface area contributed by atoms with E-state index in [1.54, 1.807) is 6.20 Å². The number of ether oxygens (including phenoxy) is 1. The molecule has 5 rings (SSSR count). The molecule has 166 valence electrons. The van der Waals surface area contributed by atoms with Crippen molar-refractivity contribution in [3.8, 4) is 5.75 Å². The molecule has 0 saturated heterocycles. The molecule has 6 nitrogen and oxygen atoms in total. The predicted molar refractivity (Wildman–Crippen MR) is 130 cm³/mol. The van der Waals surface area contributed by atoms with Crippen molar-refractivity contribution in [1.29, 1.82) is 0 Å². The lowest BCUT2D eigenvalue weighted by molar-refractivity contribution is 0.318. The molecule has 0 aliphatic carbocycles. The van der Waals surface area contributed by atoms with Gasteiger partial charge in [0, 0.05) is 25.2 Å². The molecule has 5 aromatic rings. The molecule has 0 spiro atoms. The number of fused-ring (bicyclic) bond motifs is 1. The Morgan fingerprint density at radius 2 is 1.79 bits per heavy atom. The number of aromatic amines is 1. The van der Waals surface area contributed by atoms with Gasteiger partial charge in [-0.3, -0.25) is 4.68 Å². The summed E-state index contributed by atoms with van der Waals surface area (Å²) < 4.78 is 13.3. The van der Waals surface area contributed by atoms with Gasteiger partial charge in [-0.05, 0) is 58.2 Å². The minimum absolute atomic E-state index is 0.228. The molecule has 7 heteroatoms. The molecular weight excluding hydrogens is 432 g/mol. The van der Waals surface area contributed by atoms with Gasteiger partial charge in [0.1, 0.15) is 11.6 Å². The first-order valence-electron chi connectivity index (χ1n) is 11.0. The fraction of sp³-hybridized carbons (Fsp3) is 0.192. The summed E-state index contributed by atoms with van der Waals surface area (Å²) in [6.07, 6.45) is 6.05. The van der Waals surface area contributed by atoms with E-state index in [-0.39, 0.29) is 4.84 Å². The Kier molecular flexibility index (Phi) is 6.30. The van der Waals surface area contributed by atoms with Crippen molar-refractivity contribution >= 4 is 23.0 Å². The van der Waals surface area contributed by atoms with Crippen LogP contribution in [0, 0.1) is 4.84 Å². The highest BCUT2D eigenvalue weighted by Crippen LogP contribution is 2.24. The van der Waals surface area contributed by atoms with Gasteiger partial charge < -0.3 is 9.26 Å². The van der Waals surface area contributed by atoms with E-state index in [4.69, 9.17) is 21.5 Å². The summed E-state index contributed by atoms with van der Waals surface area (Å²) in [6, 6.07) is 23.3. The van der Waals surface area contributed by atoms with Gasteiger partial charge in [0.25, 0.3) is 0 Å². The Morgan fingerprint density at radius 3 is 2.61 bits per heavy atom. The molecule has 0 unspecified atom stereocenters. The summed E-state index contributed by atoms with van der Waals surface area (Å²) in [5.41, 5.74) is 3.53. The van der Waals surface area contributed by atoms with E-state index < -0.39 is 0 Å². The molecule has 0 aliphatic heterocycles. The lowest BCUT2D eigenvalue weighted by Gasteiger charge is -2.14. The highest BCUT2D eigenvalue weighted by Gasteiger charge is 2.09. The van der Waals surface area contributed by atoms with Crippen molar-refractivity contribution in [2.45, 2.75) is 25.8 Å². The monoisotopic (exact) mass is 456 g/mol. The predicted octanol–water partition coefficient (Wildman–Crippen LogP) is 5.54. The van der Waals surface area contributed by atoms with E-state index in [1.165, 1.54) is 16.3 Å². The Labute approximate surface area is 196 Å². The summed E-state index contributed by atoms with van der Waals surface area (Å²) in [6.45, 7) is 1.30.